The van der Waals surface area contributed by atoms with Crippen molar-refractivity contribution in [2.24, 2.45) is 0 Å². The Hall–Kier alpha value is -1.24. The Morgan fingerprint density at radius 3 is 2.84 bits per heavy atom. The van der Waals surface area contributed by atoms with E-state index >= 15 is 0 Å². The topological polar surface area (TPSA) is 71.2 Å². The fraction of sp³-hybridized carbons (Fsp3) is 0.385. The molecule has 0 bridgehead atoms. The second-order valence-electron chi connectivity index (χ2n) is 4.68. The van der Waals surface area contributed by atoms with E-state index in [1.54, 1.807) is 0 Å². The van der Waals surface area contributed by atoms with E-state index in [-0.39, 0.29) is 6.10 Å². The molecule has 19 heavy (non-hydrogen) atoms. The SMILES string of the molecule is OC1CC(NCc2nnc(-c3ccccc3Br)o2)C1. The summed E-state index contributed by atoms with van der Waals surface area (Å²) in [7, 11) is 0. The summed E-state index contributed by atoms with van der Waals surface area (Å²) in [4.78, 5) is 0. The molecule has 1 aliphatic carbocycles. The lowest BCUT2D eigenvalue weighted by Crippen LogP contribution is -2.43. The van der Waals surface area contributed by atoms with Gasteiger partial charge in [0.1, 0.15) is 0 Å². The van der Waals surface area contributed by atoms with Crippen LogP contribution in [-0.2, 0) is 6.54 Å². The zero-order valence-corrected chi connectivity index (χ0v) is 11.8. The summed E-state index contributed by atoms with van der Waals surface area (Å²) in [5, 5.41) is 20.5. The van der Waals surface area contributed by atoms with Gasteiger partial charge in [0.2, 0.25) is 11.8 Å². The van der Waals surface area contributed by atoms with Gasteiger partial charge < -0.3 is 14.8 Å². The second kappa shape index (κ2) is 5.40. The standard InChI is InChI=1S/C13H14BrN3O2/c14-11-4-2-1-3-10(11)13-17-16-12(19-13)7-15-8-5-9(18)6-8/h1-4,8-9,15,18H,5-7H2. The molecule has 2 N–H and O–H groups in total. The molecule has 0 atom stereocenters. The van der Waals surface area contributed by atoms with Crippen molar-refractivity contribution in [3.8, 4) is 11.5 Å². The average Bonchev–Trinajstić information content (AvgIpc) is 2.82. The maximum atomic E-state index is 9.20. The van der Waals surface area contributed by atoms with E-state index in [4.69, 9.17) is 4.42 Å². The Morgan fingerprint density at radius 2 is 2.11 bits per heavy atom. The summed E-state index contributed by atoms with van der Waals surface area (Å²) < 4.78 is 6.55. The van der Waals surface area contributed by atoms with Gasteiger partial charge in [0.05, 0.1) is 18.2 Å². The Morgan fingerprint density at radius 1 is 1.32 bits per heavy atom. The van der Waals surface area contributed by atoms with Gasteiger partial charge in [-0.05, 0) is 40.9 Å². The molecule has 0 amide bonds. The van der Waals surface area contributed by atoms with Crippen molar-refractivity contribution < 1.29 is 9.52 Å². The maximum Gasteiger partial charge on any atom is 0.248 e. The first kappa shape index (κ1) is 12.8. The third-order valence-corrected chi connectivity index (χ3v) is 3.92. The van der Waals surface area contributed by atoms with Crippen LogP contribution in [-0.4, -0.2) is 27.4 Å². The van der Waals surface area contributed by atoms with Crippen LogP contribution in [0.2, 0.25) is 0 Å². The third-order valence-electron chi connectivity index (χ3n) is 3.23. The maximum absolute atomic E-state index is 9.20. The van der Waals surface area contributed by atoms with E-state index in [9.17, 15) is 5.11 Å². The van der Waals surface area contributed by atoms with E-state index in [0.29, 0.717) is 24.4 Å². The highest BCUT2D eigenvalue weighted by molar-refractivity contribution is 9.10. The van der Waals surface area contributed by atoms with Gasteiger partial charge in [0.15, 0.2) is 0 Å². The summed E-state index contributed by atoms with van der Waals surface area (Å²) in [5.41, 5.74) is 0.889. The van der Waals surface area contributed by atoms with Crippen LogP contribution in [0, 0.1) is 0 Å². The van der Waals surface area contributed by atoms with E-state index in [0.717, 1.165) is 22.9 Å². The Balaban J connectivity index is 1.65. The molecule has 5 nitrogen and oxygen atoms in total. The van der Waals surface area contributed by atoms with Crippen molar-refractivity contribution in [3.05, 3.63) is 34.6 Å². The van der Waals surface area contributed by atoms with E-state index in [1.165, 1.54) is 0 Å². The number of aliphatic hydroxyl groups excluding tert-OH is 1. The molecular weight excluding hydrogens is 310 g/mol. The largest absolute Gasteiger partial charge is 0.419 e. The minimum Gasteiger partial charge on any atom is -0.419 e. The molecule has 0 saturated heterocycles. The highest BCUT2D eigenvalue weighted by Gasteiger charge is 2.26. The Labute approximate surface area is 119 Å². The molecule has 1 heterocycles. The summed E-state index contributed by atoms with van der Waals surface area (Å²) in [6, 6.07) is 8.09. The van der Waals surface area contributed by atoms with Gasteiger partial charge in [-0.2, -0.15) is 0 Å². The van der Waals surface area contributed by atoms with Crippen molar-refractivity contribution in [3.63, 3.8) is 0 Å². The minimum absolute atomic E-state index is 0.156. The third kappa shape index (κ3) is 2.86. The first-order chi connectivity index (χ1) is 9.22. The number of aliphatic hydroxyl groups is 1. The molecule has 1 aromatic carbocycles. The number of rotatable bonds is 4. The fourth-order valence-corrected chi connectivity index (χ4v) is 2.51. The first-order valence-corrected chi connectivity index (χ1v) is 7.00. The predicted octanol–water partition coefficient (Wildman–Crippen LogP) is 2.11. The monoisotopic (exact) mass is 323 g/mol. The quantitative estimate of drug-likeness (QED) is 0.901. The zero-order valence-electron chi connectivity index (χ0n) is 10.2. The average molecular weight is 324 g/mol. The van der Waals surface area contributed by atoms with Gasteiger partial charge in [-0.15, -0.1) is 10.2 Å². The minimum atomic E-state index is -0.156. The lowest BCUT2D eigenvalue weighted by atomic mass is 9.90. The molecule has 0 aliphatic heterocycles. The van der Waals surface area contributed by atoms with Crippen molar-refractivity contribution in [2.75, 3.05) is 0 Å². The predicted molar refractivity (Wildman–Crippen MR) is 73.3 cm³/mol. The van der Waals surface area contributed by atoms with Gasteiger partial charge in [0, 0.05) is 10.5 Å². The van der Waals surface area contributed by atoms with Crippen LogP contribution in [0.5, 0.6) is 0 Å². The van der Waals surface area contributed by atoms with Crippen LogP contribution in [0.4, 0.5) is 0 Å². The zero-order chi connectivity index (χ0) is 13.2. The van der Waals surface area contributed by atoms with Gasteiger partial charge >= 0.3 is 0 Å². The number of nitrogens with zero attached hydrogens (tertiary/aromatic N) is 2. The van der Waals surface area contributed by atoms with Gasteiger partial charge in [-0.1, -0.05) is 12.1 Å². The Bertz CT molecular complexity index is 567. The second-order valence-corrected chi connectivity index (χ2v) is 5.54. The fourth-order valence-electron chi connectivity index (χ4n) is 2.05. The lowest BCUT2D eigenvalue weighted by molar-refractivity contribution is 0.0610. The van der Waals surface area contributed by atoms with E-state index < -0.39 is 0 Å². The first-order valence-electron chi connectivity index (χ1n) is 6.21. The molecular formula is C13H14BrN3O2. The van der Waals surface area contributed by atoms with Crippen LogP contribution < -0.4 is 5.32 Å². The number of hydrogen-bond donors (Lipinski definition) is 2. The van der Waals surface area contributed by atoms with Crippen molar-refractivity contribution in [1.82, 2.24) is 15.5 Å². The smallest absolute Gasteiger partial charge is 0.248 e. The van der Waals surface area contributed by atoms with Crippen molar-refractivity contribution >= 4 is 15.9 Å². The molecule has 0 radical (unpaired) electrons. The Kier molecular flexibility index (Phi) is 3.63. The van der Waals surface area contributed by atoms with Crippen LogP contribution in [0.3, 0.4) is 0 Å². The van der Waals surface area contributed by atoms with Gasteiger partial charge in [-0.25, -0.2) is 0 Å². The van der Waals surface area contributed by atoms with E-state index in [2.05, 4.69) is 31.4 Å². The van der Waals surface area contributed by atoms with Crippen molar-refractivity contribution in [1.29, 1.82) is 0 Å². The van der Waals surface area contributed by atoms with Crippen LogP contribution in [0.25, 0.3) is 11.5 Å². The lowest BCUT2D eigenvalue weighted by Gasteiger charge is -2.31. The molecule has 1 fully saturated rings. The van der Waals surface area contributed by atoms with Gasteiger partial charge in [0.25, 0.3) is 0 Å². The molecule has 1 aromatic heterocycles. The van der Waals surface area contributed by atoms with Crippen LogP contribution >= 0.6 is 15.9 Å². The number of halogens is 1. The molecule has 0 unspecified atom stereocenters. The molecule has 1 aliphatic rings. The molecule has 2 aromatic rings. The summed E-state index contributed by atoms with van der Waals surface area (Å²) >= 11 is 3.46. The number of benzene rings is 1. The van der Waals surface area contributed by atoms with Gasteiger partial charge in [-0.3, -0.25) is 0 Å². The molecule has 1 saturated carbocycles. The number of hydrogen-bond acceptors (Lipinski definition) is 5. The number of aromatic nitrogens is 2. The molecule has 6 heteroatoms. The summed E-state index contributed by atoms with van der Waals surface area (Å²) in [6.07, 6.45) is 1.44. The van der Waals surface area contributed by atoms with Crippen LogP contribution in [0.15, 0.2) is 33.2 Å². The normalized spacial score (nSPS) is 22.2. The molecule has 3 rings (SSSR count). The molecule has 0 spiro atoms. The highest BCUT2D eigenvalue weighted by Crippen LogP contribution is 2.26. The van der Waals surface area contributed by atoms with Crippen molar-refractivity contribution in [2.45, 2.75) is 31.5 Å². The number of nitrogens with one attached hydrogen (secondary N) is 1. The summed E-state index contributed by atoms with van der Waals surface area (Å²) in [5.74, 6) is 1.07. The summed E-state index contributed by atoms with van der Waals surface area (Å²) in [6.45, 7) is 0.537. The van der Waals surface area contributed by atoms with E-state index in [1.807, 2.05) is 24.3 Å². The highest BCUT2D eigenvalue weighted by atomic mass is 79.9. The van der Waals surface area contributed by atoms with Crippen LogP contribution in [0.1, 0.15) is 18.7 Å². The molecule has 100 valence electrons.